The quantitative estimate of drug-likeness (QED) is 0.815. The monoisotopic (exact) mass is 283 g/mol. The van der Waals surface area contributed by atoms with Gasteiger partial charge < -0.3 is 10.6 Å². The highest BCUT2D eigenvalue weighted by molar-refractivity contribution is 6.33. The number of nitrogens with two attached hydrogens (primary N) is 1. The number of rotatable bonds is 6. The lowest BCUT2D eigenvalue weighted by molar-refractivity contribution is 0.0702. The third-order valence-corrected chi connectivity index (χ3v) is 3.29. The summed E-state index contributed by atoms with van der Waals surface area (Å²) in [5.74, 6) is 0.232. The highest BCUT2D eigenvalue weighted by Gasteiger charge is 2.21. The minimum Gasteiger partial charge on any atom is -0.384 e. The molecule has 0 spiro atoms. The van der Waals surface area contributed by atoms with Crippen molar-refractivity contribution in [1.82, 2.24) is 9.88 Å². The number of anilines is 1. The summed E-state index contributed by atoms with van der Waals surface area (Å²) >= 11 is 6.04. The van der Waals surface area contributed by atoms with Crippen LogP contribution in [-0.2, 0) is 0 Å². The molecule has 0 bridgehead atoms. The molecule has 5 heteroatoms. The van der Waals surface area contributed by atoms with Gasteiger partial charge in [0.05, 0.1) is 10.6 Å². The maximum atomic E-state index is 12.5. The molecular weight excluding hydrogens is 262 g/mol. The standard InChI is InChI=1S/C14H22ClN3O/c1-4-5-6-7-18(10(2)3)14(19)11-8-13(16)17-9-12(11)15/h8-10H,4-7H2,1-3H3,(H2,16,17). The van der Waals surface area contributed by atoms with Crippen LogP contribution in [-0.4, -0.2) is 28.4 Å². The van der Waals surface area contributed by atoms with Crippen LogP contribution in [0.2, 0.25) is 5.02 Å². The Labute approximate surface area is 120 Å². The normalized spacial score (nSPS) is 10.8. The zero-order valence-electron chi connectivity index (χ0n) is 11.8. The van der Waals surface area contributed by atoms with Crippen LogP contribution < -0.4 is 5.73 Å². The van der Waals surface area contributed by atoms with Crippen molar-refractivity contribution >= 4 is 23.3 Å². The van der Waals surface area contributed by atoms with Gasteiger partial charge in [-0.2, -0.15) is 0 Å². The number of carbonyl (C=O) groups is 1. The lowest BCUT2D eigenvalue weighted by Gasteiger charge is -2.27. The molecule has 0 atom stereocenters. The topological polar surface area (TPSA) is 59.2 Å². The number of carbonyl (C=O) groups excluding carboxylic acids is 1. The lowest BCUT2D eigenvalue weighted by Crippen LogP contribution is -2.38. The molecule has 0 fully saturated rings. The Morgan fingerprint density at radius 1 is 1.47 bits per heavy atom. The second-order valence-electron chi connectivity index (χ2n) is 4.89. The number of nitrogens with zero attached hydrogens (tertiary/aromatic N) is 2. The first-order valence-electron chi connectivity index (χ1n) is 6.69. The van der Waals surface area contributed by atoms with Gasteiger partial charge in [-0.25, -0.2) is 4.98 Å². The second kappa shape index (κ2) is 7.34. The summed E-state index contributed by atoms with van der Waals surface area (Å²) in [7, 11) is 0. The summed E-state index contributed by atoms with van der Waals surface area (Å²) in [4.78, 5) is 18.2. The van der Waals surface area contributed by atoms with Gasteiger partial charge in [0.25, 0.3) is 5.91 Å². The van der Waals surface area contributed by atoms with Gasteiger partial charge in [0.1, 0.15) is 5.82 Å². The van der Waals surface area contributed by atoms with Gasteiger partial charge in [0, 0.05) is 18.8 Å². The van der Waals surface area contributed by atoms with Gasteiger partial charge in [0.2, 0.25) is 0 Å². The Kier molecular flexibility index (Phi) is 6.09. The van der Waals surface area contributed by atoms with Crippen LogP contribution in [0.1, 0.15) is 50.4 Å². The molecule has 0 aliphatic rings. The van der Waals surface area contributed by atoms with Gasteiger partial charge in [0.15, 0.2) is 0 Å². The molecule has 0 aliphatic heterocycles. The molecule has 106 valence electrons. The molecule has 0 radical (unpaired) electrons. The van der Waals surface area contributed by atoms with E-state index in [1.165, 1.54) is 6.20 Å². The van der Waals surface area contributed by atoms with Crippen molar-refractivity contribution in [3.63, 3.8) is 0 Å². The molecule has 2 N–H and O–H groups in total. The molecule has 1 amide bonds. The molecule has 1 heterocycles. The van der Waals surface area contributed by atoms with Crippen LogP contribution >= 0.6 is 11.6 Å². The van der Waals surface area contributed by atoms with Crippen molar-refractivity contribution < 1.29 is 4.79 Å². The first kappa shape index (κ1) is 15.8. The van der Waals surface area contributed by atoms with Crippen LogP contribution in [0.4, 0.5) is 5.82 Å². The molecule has 19 heavy (non-hydrogen) atoms. The van der Waals surface area contributed by atoms with Crippen LogP contribution in [0.3, 0.4) is 0 Å². The Bertz CT molecular complexity index is 435. The van der Waals surface area contributed by atoms with Gasteiger partial charge in [-0.3, -0.25) is 4.79 Å². The van der Waals surface area contributed by atoms with E-state index in [1.807, 2.05) is 18.7 Å². The van der Waals surface area contributed by atoms with E-state index in [0.29, 0.717) is 16.4 Å². The van der Waals surface area contributed by atoms with Gasteiger partial charge in [-0.15, -0.1) is 0 Å². The second-order valence-corrected chi connectivity index (χ2v) is 5.30. The van der Waals surface area contributed by atoms with Crippen LogP contribution in [0.25, 0.3) is 0 Å². The summed E-state index contributed by atoms with van der Waals surface area (Å²) in [6, 6.07) is 1.68. The molecule has 4 nitrogen and oxygen atoms in total. The molecule has 0 aliphatic carbocycles. The van der Waals surface area contributed by atoms with Crippen LogP contribution in [0.15, 0.2) is 12.3 Å². The van der Waals surface area contributed by atoms with E-state index in [2.05, 4.69) is 11.9 Å². The summed E-state index contributed by atoms with van der Waals surface area (Å²) in [5.41, 5.74) is 6.05. The maximum Gasteiger partial charge on any atom is 0.255 e. The largest absolute Gasteiger partial charge is 0.384 e. The van der Waals surface area contributed by atoms with Crippen LogP contribution in [0.5, 0.6) is 0 Å². The van der Waals surface area contributed by atoms with E-state index in [-0.39, 0.29) is 11.9 Å². The summed E-state index contributed by atoms with van der Waals surface area (Å²) in [5, 5.41) is 0.348. The smallest absolute Gasteiger partial charge is 0.255 e. The Morgan fingerprint density at radius 3 is 2.74 bits per heavy atom. The van der Waals surface area contributed by atoms with Crippen molar-refractivity contribution in [2.24, 2.45) is 0 Å². The summed E-state index contributed by atoms with van der Waals surface area (Å²) < 4.78 is 0. The van der Waals surface area contributed by atoms with Gasteiger partial charge >= 0.3 is 0 Å². The lowest BCUT2D eigenvalue weighted by atomic mass is 10.1. The fourth-order valence-corrected chi connectivity index (χ4v) is 2.08. The van der Waals surface area contributed by atoms with Gasteiger partial charge in [-0.05, 0) is 26.3 Å². The number of hydrogen-bond acceptors (Lipinski definition) is 3. The molecule has 1 aromatic heterocycles. The number of nitrogen functional groups attached to an aromatic ring is 1. The van der Waals surface area contributed by atoms with E-state index in [9.17, 15) is 4.79 Å². The van der Waals surface area contributed by atoms with E-state index in [0.717, 1.165) is 25.8 Å². The predicted octanol–water partition coefficient (Wildman–Crippen LogP) is 3.36. The first-order chi connectivity index (χ1) is 8.97. The number of pyridine rings is 1. The number of aromatic nitrogens is 1. The maximum absolute atomic E-state index is 12.5. The van der Waals surface area contributed by atoms with E-state index < -0.39 is 0 Å². The Morgan fingerprint density at radius 2 is 2.16 bits per heavy atom. The molecule has 0 saturated heterocycles. The highest BCUT2D eigenvalue weighted by atomic mass is 35.5. The third kappa shape index (κ3) is 4.39. The molecule has 0 unspecified atom stereocenters. The summed E-state index contributed by atoms with van der Waals surface area (Å²) in [6.45, 7) is 6.88. The Balaban J connectivity index is 2.89. The molecular formula is C14H22ClN3O. The third-order valence-electron chi connectivity index (χ3n) is 2.99. The number of hydrogen-bond donors (Lipinski definition) is 1. The average molecular weight is 284 g/mol. The number of halogens is 1. The number of unbranched alkanes of at least 4 members (excludes halogenated alkanes) is 2. The molecule has 1 rings (SSSR count). The zero-order valence-corrected chi connectivity index (χ0v) is 12.6. The fraction of sp³-hybridized carbons (Fsp3) is 0.571. The van der Waals surface area contributed by atoms with Crippen LogP contribution in [0, 0.1) is 0 Å². The highest BCUT2D eigenvalue weighted by Crippen LogP contribution is 2.20. The molecule has 0 aromatic carbocycles. The zero-order chi connectivity index (χ0) is 14.4. The first-order valence-corrected chi connectivity index (χ1v) is 7.07. The molecule has 0 saturated carbocycles. The SMILES string of the molecule is CCCCCN(C(=O)c1cc(N)ncc1Cl)C(C)C. The minimum absolute atomic E-state index is 0.0785. The van der Waals surface area contributed by atoms with Crippen molar-refractivity contribution in [3.05, 3.63) is 22.8 Å². The predicted molar refractivity (Wildman–Crippen MR) is 79.4 cm³/mol. The van der Waals surface area contributed by atoms with E-state index in [1.54, 1.807) is 6.07 Å². The van der Waals surface area contributed by atoms with Crippen molar-refractivity contribution in [2.75, 3.05) is 12.3 Å². The van der Waals surface area contributed by atoms with Crippen molar-refractivity contribution in [1.29, 1.82) is 0 Å². The van der Waals surface area contributed by atoms with E-state index in [4.69, 9.17) is 17.3 Å². The summed E-state index contributed by atoms with van der Waals surface area (Å²) in [6.07, 6.45) is 4.67. The molecule has 1 aromatic rings. The minimum atomic E-state index is -0.0785. The van der Waals surface area contributed by atoms with Crippen molar-refractivity contribution in [3.8, 4) is 0 Å². The van der Waals surface area contributed by atoms with E-state index >= 15 is 0 Å². The van der Waals surface area contributed by atoms with Crippen molar-refractivity contribution in [2.45, 2.75) is 46.1 Å². The fourth-order valence-electron chi connectivity index (χ4n) is 1.90. The van der Waals surface area contributed by atoms with Gasteiger partial charge in [-0.1, -0.05) is 31.4 Å². The number of amides is 1. The average Bonchev–Trinajstić information content (AvgIpc) is 2.36. The Hall–Kier alpha value is -1.29.